The summed E-state index contributed by atoms with van der Waals surface area (Å²) in [6, 6.07) is 7.13. The van der Waals surface area contributed by atoms with E-state index in [1.165, 1.54) is 6.33 Å². The predicted molar refractivity (Wildman–Crippen MR) is 143 cm³/mol. The molecule has 0 atom stereocenters. The average molecular weight is 521 g/mol. The van der Waals surface area contributed by atoms with Gasteiger partial charge in [-0.15, -0.1) is 0 Å². The molecule has 1 amide bonds. The Bertz CT molecular complexity index is 1370. The first-order chi connectivity index (χ1) is 18.4. The van der Waals surface area contributed by atoms with Crippen molar-refractivity contribution < 1.29 is 23.4 Å². The van der Waals surface area contributed by atoms with Gasteiger partial charge in [-0.2, -0.15) is 0 Å². The van der Waals surface area contributed by atoms with Crippen LogP contribution in [-0.2, 0) is 11.2 Å². The molecule has 2 aliphatic rings. The molecular formula is C29H33FN4O4. The smallest absolute Gasteiger partial charge is 0.230 e. The van der Waals surface area contributed by atoms with E-state index in [0.29, 0.717) is 34.6 Å². The maximum absolute atomic E-state index is 15.3. The molecule has 1 saturated heterocycles. The molecular weight excluding hydrogens is 487 g/mol. The van der Waals surface area contributed by atoms with Gasteiger partial charge in [0.15, 0.2) is 23.1 Å². The van der Waals surface area contributed by atoms with Crippen LogP contribution in [0, 0.1) is 5.82 Å². The number of benzene rings is 2. The van der Waals surface area contributed by atoms with E-state index in [1.807, 2.05) is 24.0 Å². The molecule has 2 aromatic carbocycles. The highest BCUT2D eigenvalue weighted by Gasteiger charge is 2.20. The molecule has 0 bridgehead atoms. The van der Waals surface area contributed by atoms with Gasteiger partial charge in [-0.05, 0) is 43.9 Å². The summed E-state index contributed by atoms with van der Waals surface area (Å²) in [7, 11) is 1.57. The highest BCUT2D eigenvalue weighted by molar-refractivity contribution is 5.87. The quantitative estimate of drug-likeness (QED) is 0.393. The Morgan fingerprint density at radius 1 is 1.05 bits per heavy atom. The summed E-state index contributed by atoms with van der Waals surface area (Å²) in [4.78, 5) is 24.4. The number of allylic oxidation sites excluding steroid dienone is 1. The van der Waals surface area contributed by atoms with Crippen LogP contribution in [0.2, 0.25) is 0 Å². The molecule has 200 valence electrons. The Morgan fingerprint density at radius 2 is 1.87 bits per heavy atom. The van der Waals surface area contributed by atoms with Gasteiger partial charge in [0.1, 0.15) is 6.33 Å². The lowest BCUT2D eigenvalue weighted by atomic mass is 9.92. The van der Waals surface area contributed by atoms with Crippen molar-refractivity contribution in [2.24, 2.45) is 0 Å². The summed E-state index contributed by atoms with van der Waals surface area (Å²) < 4.78 is 32.9. The van der Waals surface area contributed by atoms with Gasteiger partial charge in [-0.1, -0.05) is 17.7 Å². The Morgan fingerprint density at radius 3 is 2.63 bits per heavy atom. The minimum absolute atomic E-state index is 0.123. The molecule has 0 spiro atoms. The second kappa shape index (κ2) is 11.3. The van der Waals surface area contributed by atoms with Gasteiger partial charge in [0.05, 0.1) is 24.6 Å². The third-order valence-corrected chi connectivity index (χ3v) is 7.20. The van der Waals surface area contributed by atoms with Crippen LogP contribution in [0.1, 0.15) is 37.8 Å². The monoisotopic (exact) mass is 520 g/mol. The zero-order valence-electron chi connectivity index (χ0n) is 22.1. The van der Waals surface area contributed by atoms with E-state index in [0.717, 1.165) is 63.1 Å². The molecule has 1 aromatic heterocycles. The Kier molecular flexibility index (Phi) is 7.74. The number of amides is 1. The fourth-order valence-corrected chi connectivity index (χ4v) is 4.97. The Hall–Kier alpha value is -3.72. The largest absolute Gasteiger partial charge is 0.493 e. The molecule has 1 fully saturated rings. The van der Waals surface area contributed by atoms with Crippen molar-refractivity contribution in [1.29, 1.82) is 0 Å². The summed E-state index contributed by atoms with van der Waals surface area (Å²) in [5.41, 5.74) is 3.32. The number of halogens is 1. The maximum Gasteiger partial charge on any atom is 0.230 e. The Balaban J connectivity index is 1.27. The van der Waals surface area contributed by atoms with E-state index in [2.05, 4.69) is 14.9 Å². The van der Waals surface area contributed by atoms with Gasteiger partial charge in [0, 0.05) is 51.3 Å². The standard InChI is InChI=1S/C29H33FN4O4/c1-19-5-6-21-7-8-25(28(30)22(21)15-19)38-29-23-16-26(36-3)27(17-24(23)31-18-32-29)37-14-4-9-33-10-12-34(13-11-33)20(2)35/h7-8,15-18H,4-6,9-14H2,1-3H3. The molecule has 8 nitrogen and oxygen atoms in total. The minimum atomic E-state index is -0.386. The molecule has 3 aromatic rings. The second-order valence-corrected chi connectivity index (χ2v) is 9.79. The van der Waals surface area contributed by atoms with Gasteiger partial charge in [-0.25, -0.2) is 14.4 Å². The van der Waals surface area contributed by atoms with Gasteiger partial charge in [-0.3, -0.25) is 9.69 Å². The van der Waals surface area contributed by atoms with Gasteiger partial charge < -0.3 is 19.1 Å². The zero-order chi connectivity index (χ0) is 26.6. The number of carbonyl (C=O) groups excluding carboxylic acids is 1. The van der Waals surface area contributed by atoms with Crippen molar-refractivity contribution >= 4 is 22.9 Å². The highest BCUT2D eigenvalue weighted by atomic mass is 19.1. The number of piperazine rings is 1. The number of ether oxygens (including phenoxy) is 3. The average Bonchev–Trinajstić information content (AvgIpc) is 2.93. The number of fused-ring (bicyclic) bond motifs is 2. The lowest BCUT2D eigenvalue weighted by Gasteiger charge is -2.34. The number of aryl methyl sites for hydroxylation is 1. The van der Waals surface area contributed by atoms with Crippen LogP contribution in [-0.4, -0.2) is 72.1 Å². The fourth-order valence-electron chi connectivity index (χ4n) is 4.97. The van der Waals surface area contributed by atoms with Crippen LogP contribution in [0.25, 0.3) is 17.0 Å². The van der Waals surface area contributed by atoms with E-state index in [9.17, 15) is 4.79 Å². The topological polar surface area (TPSA) is 77.0 Å². The van der Waals surface area contributed by atoms with Crippen molar-refractivity contribution in [2.75, 3.05) is 46.4 Å². The van der Waals surface area contributed by atoms with Gasteiger partial charge in [0.25, 0.3) is 0 Å². The SMILES string of the molecule is COc1cc2c(Oc3ccc4c(c3F)C=C(C)CC4)ncnc2cc1OCCCN1CCN(C(C)=O)CC1. The van der Waals surface area contributed by atoms with Crippen LogP contribution in [0.4, 0.5) is 4.39 Å². The van der Waals surface area contributed by atoms with E-state index in [1.54, 1.807) is 32.2 Å². The zero-order valence-corrected chi connectivity index (χ0v) is 22.1. The van der Waals surface area contributed by atoms with E-state index in [-0.39, 0.29) is 23.4 Å². The van der Waals surface area contributed by atoms with Gasteiger partial charge in [0.2, 0.25) is 11.8 Å². The van der Waals surface area contributed by atoms with Gasteiger partial charge >= 0.3 is 0 Å². The van der Waals surface area contributed by atoms with E-state index in [4.69, 9.17) is 14.2 Å². The van der Waals surface area contributed by atoms with Crippen LogP contribution in [0.3, 0.4) is 0 Å². The third-order valence-electron chi connectivity index (χ3n) is 7.20. The lowest BCUT2D eigenvalue weighted by Crippen LogP contribution is -2.48. The number of carbonyl (C=O) groups is 1. The predicted octanol–water partition coefficient (Wildman–Crippen LogP) is 4.85. The molecule has 9 heteroatoms. The molecule has 38 heavy (non-hydrogen) atoms. The van der Waals surface area contributed by atoms with Crippen LogP contribution < -0.4 is 14.2 Å². The number of hydrogen-bond acceptors (Lipinski definition) is 7. The molecule has 0 N–H and O–H groups in total. The highest BCUT2D eigenvalue weighted by Crippen LogP contribution is 2.38. The summed E-state index contributed by atoms with van der Waals surface area (Å²) in [5, 5.41) is 0.601. The van der Waals surface area contributed by atoms with Crippen LogP contribution >= 0.6 is 0 Å². The van der Waals surface area contributed by atoms with Crippen molar-refractivity contribution in [3.8, 4) is 23.1 Å². The number of nitrogens with zero attached hydrogens (tertiary/aromatic N) is 4. The summed E-state index contributed by atoms with van der Waals surface area (Å²) >= 11 is 0. The van der Waals surface area contributed by atoms with Crippen LogP contribution in [0.15, 0.2) is 36.2 Å². The number of aromatic nitrogens is 2. The normalized spacial score (nSPS) is 15.7. The first-order valence-corrected chi connectivity index (χ1v) is 13.0. The maximum atomic E-state index is 15.3. The van der Waals surface area contributed by atoms with Crippen molar-refractivity contribution in [3.63, 3.8) is 0 Å². The summed E-state index contributed by atoms with van der Waals surface area (Å²) in [6.45, 7) is 8.31. The summed E-state index contributed by atoms with van der Waals surface area (Å²) in [6.07, 6.45) is 5.88. The lowest BCUT2D eigenvalue weighted by molar-refractivity contribution is -0.130. The third kappa shape index (κ3) is 5.57. The second-order valence-electron chi connectivity index (χ2n) is 9.79. The molecule has 1 aliphatic carbocycles. The van der Waals surface area contributed by atoms with Crippen molar-refractivity contribution in [2.45, 2.75) is 33.1 Å². The van der Waals surface area contributed by atoms with E-state index < -0.39 is 0 Å². The van der Waals surface area contributed by atoms with E-state index >= 15 is 4.39 Å². The van der Waals surface area contributed by atoms with Crippen LogP contribution in [0.5, 0.6) is 23.1 Å². The molecule has 0 saturated carbocycles. The number of rotatable bonds is 8. The molecule has 2 heterocycles. The molecule has 5 rings (SSSR count). The Labute approximate surface area is 222 Å². The first kappa shape index (κ1) is 25.9. The molecule has 0 unspecified atom stereocenters. The minimum Gasteiger partial charge on any atom is -0.493 e. The first-order valence-electron chi connectivity index (χ1n) is 13.0. The molecule has 1 aliphatic heterocycles. The van der Waals surface area contributed by atoms with Crippen molar-refractivity contribution in [1.82, 2.24) is 19.8 Å². The fraction of sp³-hybridized carbons (Fsp3) is 0.414. The molecule has 0 radical (unpaired) electrons. The summed E-state index contributed by atoms with van der Waals surface area (Å²) in [5.74, 6) is 1.22. The van der Waals surface area contributed by atoms with Crippen molar-refractivity contribution in [3.05, 3.63) is 53.1 Å². The number of hydrogen-bond donors (Lipinski definition) is 0. The number of methoxy groups -OCH3 is 1.